The van der Waals surface area contributed by atoms with E-state index in [0.717, 1.165) is 29.7 Å². The van der Waals surface area contributed by atoms with E-state index in [2.05, 4.69) is 48.6 Å². The van der Waals surface area contributed by atoms with Crippen LogP contribution in [0.1, 0.15) is 50.7 Å². The molecule has 1 unspecified atom stereocenters. The number of nitrogens with one attached hydrogen (secondary N) is 1. The van der Waals surface area contributed by atoms with E-state index in [-0.39, 0.29) is 28.4 Å². The lowest BCUT2D eigenvalue weighted by Crippen LogP contribution is -2.32. The van der Waals surface area contributed by atoms with Crippen molar-refractivity contribution >= 4 is 17.4 Å². The Labute approximate surface area is 166 Å². The molecule has 4 rings (SSSR count). The molecule has 2 aromatic carbocycles. The summed E-state index contributed by atoms with van der Waals surface area (Å²) in [6.45, 7) is 4.14. The van der Waals surface area contributed by atoms with Gasteiger partial charge in [-0.05, 0) is 29.4 Å². The van der Waals surface area contributed by atoms with Gasteiger partial charge < -0.3 is 0 Å². The number of carbonyl (C=O) groups is 2. The zero-order chi connectivity index (χ0) is 19.8. The lowest BCUT2D eigenvalue weighted by atomic mass is 9.76. The second kappa shape index (κ2) is 7.01. The van der Waals surface area contributed by atoms with Gasteiger partial charge in [0.25, 0.3) is 0 Å². The highest BCUT2D eigenvalue weighted by Gasteiger charge is 2.60. The van der Waals surface area contributed by atoms with E-state index in [0.29, 0.717) is 12.8 Å². The average molecular weight is 374 g/mol. The maximum atomic E-state index is 12.9. The Kier molecular flexibility index (Phi) is 4.66. The molecule has 2 aliphatic carbocycles. The first-order valence-corrected chi connectivity index (χ1v) is 9.89. The van der Waals surface area contributed by atoms with Crippen molar-refractivity contribution in [1.29, 1.82) is 0 Å². The van der Waals surface area contributed by atoms with Crippen molar-refractivity contribution in [3.63, 3.8) is 0 Å². The summed E-state index contributed by atoms with van der Waals surface area (Å²) in [5, 5.41) is 4.34. The Morgan fingerprint density at radius 1 is 0.964 bits per heavy atom. The first-order chi connectivity index (χ1) is 13.4. The van der Waals surface area contributed by atoms with Gasteiger partial charge in [-0.1, -0.05) is 74.5 Å². The Morgan fingerprint density at radius 3 is 2.07 bits per heavy atom. The van der Waals surface area contributed by atoms with E-state index in [1.54, 1.807) is 0 Å². The molecule has 0 spiro atoms. The van der Waals surface area contributed by atoms with Gasteiger partial charge in [-0.15, -0.1) is 0 Å². The molecule has 1 amide bonds. The molecule has 0 heterocycles. The van der Waals surface area contributed by atoms with Gasteiger partial charge in [-0.25, -0.2) is 5.43 Å². The summed E-state index contributed by atoms with van der Waals surface area (Å²) in [5.41, 5.74) is 5.47. The summed E-state index contributed by atoms with van der Waals surface area (Å²) in [4.78, 5) is 24.9. The first kappa shape index (κ1) is 18.6. The molecule has 4 nitrogen and oxygen atoms in total. The van der Waals surface area contributed by atoms with Crippen molar-refractivity contribution in [2.75, 3.05) is 0 Å². The van der Waals surface area contributed by atoms with Gasteiger partial charge in [0.05, 0.1) is 5.92 Å². The van der Waals surface area contributed by atoms with Crippen LogP contribution in [0.25, 0.3) is 0 Å². The molecule has 4 heteroatoms. The number of nitrogens with zero attached hydrogens (tertiary/aromatic N) is 1. The number of hydrogen-bond acceptors (Lipinski definition) is 3. The SMILES string of the molecule is CC1(C)CC(=O)C/C(=N\NC(=O)C2CC2(c2ccccc2)c2ccccc2)C1. The van der Waals surface area contributed by atoms with Crippen LogP contribution in [-0.4, -0.2) is 17.4 Å². The minimum Gasteiger partial charge on any atom is -0.299 e. The second-order valence-electron chi connectivity index (χ2n) is 8.85. The number of hydrazone groups is 1. The fourth-order valence-electron chi connectivity index (χ4n) is 4.65. The number of benzene rings is 2. The molecular weight excluding hydrogens is 348 g/mol. The van der Waals surface area contributed by atoms with Crippen molar-refractivity contribution in [2.45, 2.75) is 44.9 Å². The summed E-state index contributed by atoms with van der Waals surface area (Å²) >= 11 is 0. The van der Waals surface area contributed by atoms with Crippen LogP contribution in [0, 0.1) is 11.3 Å². The van der Waals surface area contributed by atoms with Crippen LogP contribution in [0.5, 0.6) is 0 Å². The molecule has 28 heavy (non-hydrogen) atoms. The monoisotopic (exact) mass is 374 g/mol. The van der Waals surface area contributed by atoms with Crippen LogP contribution < -0.4 is 5.43 Å². The second-order valence-corrected chi connectivity index (χ2v) is 8.85. The highest BCUT2D eigenvalue weighted by molar-refractivity contribution is 6.05. The van der Waals surface area contributed by atoms with Crippen molar-refractivity contribution in [1.82, 2.24) is 5.43 Å². The van der Waals surface area contributed by atoms with Gasteiger partial charge in [-0.2, -0.15) is 5.10 Å². The van der Waals surface area contributed by atoms with E-state index in [4.69, 9.17) is 0 Å². The van der Waals surface area contributed by atoms with Crippen molar-refractivity contribution in [3.8, 4) is 0 Å². The maximum Gasteiger partial charge on any atom is 0.244 e. The zero-order valence-electron chi connectivity index (χ0n) is 16.4. The molecule has 2 aliphatic rings. The highest BCUT2D eigenvalue weighted by atomic mass is 16.2. The van der Waals surface area contributed by atoms with Gasteiger partial charge in [0.1, 0.15) is 5.78 Å². The van der Waals surface area contributed by atoms with Gasteiger partial charge in [0.2, 0.25) is 5.91 Å². The predicted molar refractivity (Wildman–Crippen MR) is 110 cm³/mol. The topological polar surface area (TPSA) is 58.5 Å². The quantitative estimate of drug-likeness (QED) is 0.814. The fourth-order valence-corrected chi connectivity index (χ4v) is 4.65. The van der Waals surface area contributed by atoms with E-state index >= 15 is 0 Å². The summed E-state index contributed by atoms with van der Waals surface area (Å²) in [6, 6.07) is 20.4. The number of rotatable bonds is 4. The Balaban J connectivity index is 1.55. The molecule has 0 saturated heterocycles. The van der Waals surface area contributed by atoms with Crippen molar-refractivity contribution in [2.24, 2.45) is 16.4 Å². The maximum absolute atomic E-state index is 12.9. The average Bonchev–Trinajstić information content (AvgIpc) is 3.43. The van der Waals surface area contributed by atoms with E-state index < -0.39 is 0 Å². The normalized spacial score (nSPS) is 24.0. The summed E-state index contributed by atoms with van der Waals surface area (Å²) in [6.07, 6.45) is 2.43. The molecule has 0 aromatic heterocycles. The molecule has 144 valence electrons. The lowest BCUT2D eigenvalue weighted by Gasteiger charge is -2.29. The largest absolute Gasteiger partial charge is 0.299 e. The van der Waals surface area contributed by atoms with Gasteiger partial charge in [0.15, 0.2) is 0 Å². The first-order valence-electron chi connectivity index (χ1n) is 9.89. The Bertz CT molecular complexity index is 877. The smallest absolute Gasteiger partial charge is 0.244 e. The van der Waals surface area contributed by atoms with E-state index in [1.807, 2.05) is 36.4 Å². The molecule has 2 fully saturated rings. The van der Waals surface area contributed by atoms with E-state index in [9.17, 15) is 9.59 Å². The summed E-state index contributed by atoms with van der Waals surface area (Å²) in [7, 11) is 0. The fraction of sp³-hybridized carbons (Fsp3) is 0.375. The standard InChI is InChI=1S/C24H26N2O2/c1-23(2)14-19(13-20(27)15-23)25-26-22(28)21-16-24(21,17-9-5-3-6-10-17)18-11-7-4-8-12-18/h3-12,21H,13-16H2,1-2H3,(H,26,28)/b25-19+. The minimum atomic E-state index is -0.297. The van der Waals surface area contributed by atoms with Crippen molar-refractivity contribution in [3.05, 3.63) is 71.8 Å². The lowest BCUT2D eigenvalue weighted by molar-refractivity contribution is -0.123. The van der Waals surface area contributed by atoms with Gasteiger partial charge in [-0.3, -0.25) is 9.59 Å². The van der Waals surface area contributed by atoms with E-state index in [1.165, 1.54) is 0 Å². The Hall–Kier alpha value is -2.75. The van der Waals surface area contributed by atoms with Crippen LogP contribution >= 0.6 is 0 Å². The third-order valence-corrected chi connectivity index (χ3v) is 5.94. The highest BCUT2D eigenvalue weighted by Crippen LogP contribution is 2.58. The molecule has 2 aromatic rings. The molecule has 0 aliphatic heterocycles. The number of ketones is 1. The molecular formula is C24H26N2O2. The summed E-state index contributed by atoms with van der Waals surface area (Å²) in [5.74, 6) is -0.0384. The predicted octanol–water partition coefficient (Wildman–Crippen LogP) is 4.24. The van der Waals surface area contributed by atoms with Gasteiger partial charge >= 0.3 is 0 Å². The van der Waals surface area contributed by atoms with Crippen molar-refractivity contribution < 1.29 is 9.59 Å². The van der Waals surface area contributed by atoms with Crippen LogP contribution in [0.4, 0.5) is 0 Å². The van der Waals surface area contributed by atoms with Gasteiger partial charge in [0, 0.05) is 24.0 Å². The van der Waals surface area contributed by atoms with Crippen LogP contribution in [-0.2, 0) is 15.0 Å². The number of Topliss-reactive ketones (excluding diaryl/α,β-unsaturated/α-hetero) is 1. The molecule has 1 atom stereocenters. The van der Waals surface area contributed by atoms with Crippen LogP contribution in [0.3, 0.4) is 0 Å². The third-order valence-electron chi connectivity index (χ3n) is 5.94. The zero-order valence-corrected chi connectivity index (χ0v) is 16.4. The minimum absolute atomic E-state index is 0.0731. The summed E-state index contributed by atoms with van der Waals surface area (Å²) < 4.78 is 0. The molecule has 0 radical (unpaired) electrons. The number of carbonyl (C=O) groups excluding carboxylic acids is 2. The number of hydrogen-bond donors (Lipinski definition) is 1. The molecule has 2 saturated carbocycles. The Morgan fingerprint density at radius 2 is 1.54 bits per heavy atom. The molecule has 0 bridgehead atoms. The third kappa shape index (κ3) is 3.51. The number of amides is 1. The molecule has 1 N–H and O–H groups in total. The van der Waals surface area contributed by atoms with Crippen LogP contribution in [0.15, 0.2) is 65.8 Å². The van der Waals surface area contributed by atoms with Crippen LogP contribution in [0.2, 0.25) is 0 Å².